The molecule has 1 aromatic heterocycles. The van der Waals surface area contributed by atoms with Crippen molar-refractivity contribution >= 4 is 34.6 Å². The molecule has 0 aromatic carbocycles. The molecule has 0 spiro atoms. The molecule has 0 radical (unpaired) electrons. The van der Waals surface area contributed by atoms with Crippen molar-refractivity contribution in [2.45, 2.75) is 20.8 Å². The minimum absolute atomic E-state index is 0.0208. The first-order valence-electron chi connectivity index (χ1n) is 4.87. The fourth-order valence-corrected chi connectivity index (χ4v) is 1.96. The second-order valence-corrected chi connectivity index (χ2v) is 6.17. The van der Waals surface area contributed by atoms with Crippen LogP contribution in [0.5, 0.6) is 0 Å². The monoisotopic (exact) mass is 259 g/mol. The van der Waals surface area contributed by atoms with Crippen LogP contribution in [0.3, 0.4) is 0 Å². The summed E-state index contributed by atoms with van der Waals surface area (Å²) >= 11 is 6.94. The highest BCUT2D eigenvalue weighted by molar-refractivity contribution is 7.18. The van der Waals surface area contributed by atoms with Crippen LogP contribution < -0.4 is 5.32 Å². The van der Waals surface area contributed by atoms with E-state index < -0.39 is 5.41 Å². The van der Waals surface area contributed by atoms with Crippen molar-refractivity contribution in [2.75, 3.05) is 6.54 Å². The number of Topliss-reactive ketones (excluding diaryl/α,β-unsaturated/α-hetero) is 1. The molecule has 0 aliphatic heterocycles. The summed E-state index contributed by atoms with van der Waals surface area (Å²) < 4.78 is 0.575. The van der Waals surface area contributed by atoms with Crippen LogP contribution in [0.4, 0.5) is 0 Å². The number of halogens is 1. The van der Waals surface area contributed by atoms with E-state index >= 15 is 0 Å². The second-order valence-electron chi connectivity index (χ2n) is 4.46. The normalized spacial score (nSPS) is 11.2. The molecule has 3 nitrogen and oxygen atoms in total. The van der Waals surface area contributed by atoms with Gasteiger partial charge in [-0.05, 0) is 12.1 Å². The van der Waals surface area contributed by atoms with Gasteiger partial charge in [-0.2, -0.15) is 0 Å². The Balaban J connectivity index is 2.51. The van der Waals surface area contributed by atoms with E-state index in [4.69, 9.17) is 11.6 Å². The largest absolute Gasteiger partial charge is 0.348 e. The maximum Gasteiger partial charge on any atom is 0.225 e. The lowest BCUT2D eigenvalue weighted by Crippen LogP contribution is -2.37. The SMILES string of the molecule is CC(C)(C)C(=O)NCC(=O)c1ccc(Cl)s1. The standard InChI is InChI=1S/C11H14ClNO2S/c1-11(2,3)10(15)13-6-7(14)8-4-5-9(12)16-8/h4-5H,6H2,1-3H3,(H,13,15). The molecule has 0 aliphatic carbocycles. The molecule has 0 atom stereocenters. The minimum Gasteiger partial charge on any atom is -0.348 e. The first kappa shape index (κ1) is 13.2. The summed E-state index contributed by atoms with van der Waals surface area (Å²) in [6.45, 7) is 5.42. The van der Waals surface area contributed by atoms with Crippen molar-refractivity contribution in [1.82, 2.24) is 5.32 Å². The van der Waals surface area contributed by atoms with Crippen molar-refractivity contribution in [3.8, 4) is 0 Å². The molecular weight excluding hydrogens is 246 g/mol. The molecule has 1 rings (SSSR count). The van der Waals surface area contributed by atoms with E-state index in [1.807, 2.05) is 0 Å². The maximum atomic E-state index is 11.6. The molecule has 1 amide bonds. The number of thiophene rings is 1. The van der Waals surface area contributed by atoms with Gasteiger partial charge in [-0.3, -0.25) is 9.59 Å². The zero-order valence-corrected chi connectivity index (χ0v) is 11.0. The van der Waals surface area contributed by atoms with Gasteiger partial charge in [0.05, 0.1) is 15.8 Å². The maximum absolute atomic E-state index is 11.6. The summed E-state index contributed by atoms with van der Waals surface area (Å²) in [7, 11) is 0. The summed E-state index contributed by atoms with van der Waals surface area (Å²) in [6.07, 6.45) is 0. The lowest BCUT2D eigenvalue weighted by molar-refractivity contribution is -0.128. The van der Waals surface area contributed by atoms with Gasteiger partial charge in [-0.1, -0.05) is 32.4 Å². The average molecular weight is 260 g/mol. The van der Waals surface area contributed by atoms with Gasteiger partial charge in [0.1, 0.15) is 0 Å². The van der Waals surface area contributed by atoms with Crippen molar-refractivity contribution in [3.05, 3.63) is 21.3 Å². The number of hydrogen-bond acceptors (Lipinski definition) is 3. The molecule has 1 N–H and O–H groups in total. The van der Waals surface area contributed by atoms with Gasteiger partial charge < -0.3 is 5.32 Å². The van der Waals surface area contributed by atoms with Gasteiger partial charge in [0.25, 0.3) is 0 Å². The van der Waals surface area contributed by atoms with E-state index in [-0.39, 0.29) is 18.2 Å². The van der Waals surface area contributed by atoms with E-state index in [9.17, 15) is 9.59 Å². The first-order valence-corrected chi connectivity index (χ1v) is 6.07. The average Bonchev–Trinajstić information content (AvgIpc) is 2.59. The number of hydrogen-bond donors (Lipinski definition) is 1. The Morgan fingerprint density at radius 3 is 2.44 bits per heavy atom. The zero-order valence-electron chi connectivity index (χ0n) is 9.46. The highest BCUT2D eigenvalue weighted by Crippen LogP contribution is 2.21. The van der Waals surface area contributed by atoms with E-state index in [2.05, 4.69) is 5.32 Å². The third-order valence-corrected chi connectivity index (χ3v) is 3.21. The molecule has 0 fully saturated rings. The Morgan fingerprint density at radius 2 is 2.00 bits per heavy atom. The quantitative estimate of drug-likeness (QED) is 0.849. The van der Waals surface area contributed by atoms with Crippen molar-refractivity contribution in [2.24, 2.45) is 5.41 Å². The van der Waals surface area contributed by atoms with E-state index in [0.717, 1.165) is 0 Å². The second kappa shape index (κ2) is 4.97. The summed E-state index contributed by atoms with van der Waals surface area (Å²) in [5, 5.41) is 2.61. The predicted octanol–water partition coefficient (Wildman–Crippen LogP) is 2.75. The van der Waals surface area contributed by atoms with Crippen molar-refractivity contribution in [3.63, 3.8) is 0 Å². The third kappa shape index (κ3) is 3.61. The summed E-state index contributed by atoms with van der Waals surface area (Å²) in [5.41, 5.74) is -0.479. The Kier molecular flexibility index (Phi) is 4.10. The van der Waals surface area contributed by atoms with Crippen molar-refractivity contribution in [1.29, 1.82) is 0 Å². The van der Waals surface area contributed by atoms with Gasteiger partial charge in [0.15, 0.2) is 5.78 Å². The van der Waals surface area contributed by atoms with Crippen LogP contribution in [0, 0.1) is 5.41 Å². The van der Waals surface area contributed by atoms with Crippen LogP contribution >= 0.6 is 22.9 Å². The van der Waals surface area contributed by atoms with Crippen LogP contribution in [-0.4, -0.2) is 18.2 Å². The molecule has 1 aromatic rings. The van der Waals surface area contributed by atoms with Crippen LogP contribution in [0.1, 0.15) is 30.4 Å². The van der Waals surface area contributed by atoms with Gasteiger partial charge in [0.2, 0.25) is 5.91 Å². The summed E-state index contributed by atoms with van der Waals surface area (Å²) in [4.78, 5) is 23.7. The molecule has 88 valence electrons. The van der Waals surface area contributed by atoms with Gasteiger partial charge in [-0.25, -0.2) is 0 Å². The molecule has 1 heterocycles. The molecule has 0 aliphatic rings. The van der Waals surface area contributed by atoms with Crippen LogP contribution in [0.15, 0.2) is 12.1 Å². The fourth-order valence-electron chi connectivity index (χ4n) is 0.977. The van der Waals surface area contributed by atoms with E-state index in [1.165, 1.54) is 11.3 Å². The van der Waals surface area contributed by atoms with Gasteiger partial charge in [-0.15, -0.1) is 11.3 Å². The number of rotatable bonds is 3. The Bertz CT molecular complexity index is 406. The topological polar surface area (TPSA) is 46.2 Å². The molecule has 0 saturated carbocycles. The van der Waals surface area contributed by atoms with E-state index in [0.29, 0.717) is 9.21 Å². The predicted molar refractivity (Wildman–Crippen MR) is 66.1 cm³/mol. The molecule has 0 bridgehead atoms. The lowest BCUT2D eigenvalue weighted by atomic mass is 9.96. The van der Waals surface area contributed by atoms with E-state index in [1.54, 1.807) is 32.9 Å². The highest BCUT2D eigenvalue weighted by atomic mass is 35.5. The minimum atomic E-state index is -0.479. The molecule has 16 heavy (non-hydrogen) atoms. The Morgan fingerprint density at radius 1 is 1.38 bits per heavy atom. The summed E-state index contributed by atoms with van der Waals surface area (Å²) in [6, 6.07) is 3.34. The number of nitrogens with one attached hydrogen (secondary N) is 1. The third-order valence-electron chi connectivity index (χ3n) is 1.94. The molecule has 5 heteroatoms. The highest BCUT2D eigenvalue weighted by Gasteiger charge is 2.21. The fraction of sp³-hybridized carbons (Fsp3) is 0.455. The number of ketones is 1. The number of amides is 1. The lowest BCUT2D eigenvalue weighted by Gasteiger charge is -2.16. The van der Waals surface area contributed by atoms with Crippen LogP contribution in [-0.2, 0) is 4.79 Å². The molecule has 0 unspecified atom stereocenters. The number of carbonyl (C=O) groups excluding carboxylic acids is 2. The van der Waals surface area contributed by atoms with Gasteiger partial charge in [0, 0.05) is 5.41 Å². The van der Waals surface area contributed by atoms with Crippen LogP contribution in [0.2, 0.25) is 4.34 Å². The molecular formula is C11H14ClNO2S. The summed E-state index contributed by atoms with van der Waals surface area (Å²) in [5.74, 6) is -0.252. The first-order chi connectivity index (χ1) is 7.30. The van der Waals surface area contributed by atoms with Crippen molar-refractivity contribution < 1.29 is 9.59 Å². The van der Waals surface area contributed by atoms with Crippen LogP contribution in [0.25, 0.3) is 0 Å². The van der Waals surface area contributed by atoms with Gasteiger partial charge >= 0.3 is 0 Å². The molecule has 0 saturated heterocycles. The number of carbonyl (C=O) groups is 2. The smallest absolute Gasteiger partial charge is 0.225 e. The Labute approximate surface area is 104 Å². The zero-order chi connectivity index (χ0) is 12.3. The Hall–Kier alpha value is -0.870.